The Morgan fingerprint density at radius 1 is 1.54 bits per heavy atom. The van der Waals surface area contributed by atoms with Crippen LogP contribution < -0.4 is 0 Å². The first-order chi connectivity index (χ1) is 6.10. The van der Waals surface area contributed by atoms with E-state index in [2.05, 4.69) is 20.8 Å². The molecule has 0 radical (unpaired) electrons. The molecule has 0 saturated heterocycles. The lowest BCUT2D eigenvalue weighted by atomic mass is 9.85. The van der Waals surface area contributed by atoms with E-state index in [1.807, 2.05) is 6.08 Å². The molecule has 0 saturated carbocycles. The molecular formula is C11H20O2. The van der Waals surface area contributed by atoms with Crippen molar-refractivity contribution in [2.75, 3.05) is 7.11 Å². The minimum atomic E-state index is -0.145. The summed E-state index contributed by atoms with van der Waals surface area (Å²) in [5.41, 5.74) is -0.145. The van der Waals surface area contributed by atoms with Crippen LogP contribution in [0.1, 0.15) is 33.6 Å². The Bertz CT molecular complexity index is 175. The lowest BCUT2D eigenvalue weighted by Gasteiger charge is -2.33. The van der Waals surface area contributed by atoms with E-state index in [1.54, 1.807) is 7.11 Å². The number of hydrogen-bond donors (Lipinski definition) is 0. The van der Waals surface area contributed by atoms with E-state index in [0.717, 1.165) is 19.1 Å². The van der Waals surface area contributed by atoms with E-state index in [-0.39, 0.29) is 5.60 Å². The fraction of sp³-hybridized carbons (Fsp3) is 0.727. The van der Waals surface area contributed by atoms with Crippen LogP contribution in [0.3, 0.4) is 0 Å². The number of hydrogen-bond acceptors (Lipinski definition) is 2. The van der Waals surface area contributed by atoms with Crippen LogP contribution in [-0.4, -0.2) is 19.0 Å². The quantitative estimate of drug-likeness (QED) is 0.468. The fourth-order valence-corrected chi connectivity index (χ4v) is 1.28. The van der Waals surface area contributed by atoms with Gasteiger partial charge in [-0.1, -0.05) is 26.3 Å². The highest BCUT2D eigenvalue weighted by atomic mass is 16.5. The second-order valence-electron chi connectivity index (χ2n) is 3.59. The lowest BCUT2D eigenvalue weighted by Crippen LogP contribution is -2.34. The van der Waals surface area contributed by atoms with Crippen molar-refractivity contribution in [3.63, 3.8) is 0 Å². The van der Waals surface area contributed by atoms with Crippen molar-refractivity contribution in [3.05, 3.63) is 12.2 Å². The standard InChI is InChI=1S/C11H20O2/c1-5-10(2)11(3,13-4)8-6-7-9-12/h6-7,9-10H,5,8H2,1-4H3/b7-6+. The smallest absolute Gasteiger partial charge is 0.142 e. The number of carbonyl (C=O) groups is 1. The van der Waals surface area contributed by atoms with Gasteiger partial charge >= 0.3 is 0 Å². The highest BCUT2D eigenvalue weighted by Crippen LogP contribution is 2.27. The van der Waals surface area contributed by atoms with Crippen LogP contribution in [0.4, 0.5) is 0 Å². The summed E-state index contributed by atoms with van der Waals surface area (Å²) >= 11 is 0. The fourth-order valence-electron chi connectivity index (χ4n) is 1.28. The van der Waals surface area contributed by atoms with Crippen LogP contribution in [0.25, 0.3) is 0 Å². The SMILES string of the molecule is CCC(C)C(C)(C/C=C/C=O)OC. The average Bonchev–Trinajstić information content (AvgIpc) is 2.16. The van der Waals surface area contributed by atoms with Crippen LogP contribution in [0, 0.1) is 5.92 Å². The highest BCUT2D eigenvalue weighted by molar-refractivity contribution is 5.64. The number of rotatable bonds is 6. The second-order valence-corrected chi connectivity index (χ2v) is 3.59. The van der Waals surface area contributed by atoms with E-state index in [9.17, 15) is 4.79 Å². The van der Waals surface area contributed by atoms with Crippen LogP contribution in [0.15, 0.2) is 12.2 Å². The first-order valence-corrected chi connectivity index (χ1v) is 4.76. The van der Waals surface area contributed by atoms with Crippen molar-refractivity contribution < 1.29 is 9.53 Å². The third kappa shape index (κ3) is 3.73. The molecule has 0 bridgehead atoms. The summed E-state index contributed by atoms with van der Waals surface area (Å²) < 4.78 is 5.47. The summed E-state index contributed by atoms with van der Waals surface area (Å²) in [5.74, 6) is 0.494. The van der Waals surface area contributed by atoms with Gasteiger partial charge in [-0.3, -0.25) is 4.79 Å². The van der Waals surface area contributed by atoms with E-state index >= 15 is 0 Å². The summed E-state index contributed by atoms with van der Waals surface area (Å²) in [4.78, 5) is 10.1. The predicted octanol–water partition coefficient (Wildman–Crippen LogP) is 2.58. The summed E-state index contributed by atoms with van der Waals surface area (Å²) in [6.07, 6.45) is 6.06. The molecule has 2 nitrogen and oxygen atoms in total. The molecule has 2 atom stereocenters. The Morgan fingerprint density at radius 2 is 2.15 bits per heavy atom. The highest BCUT2D eigenvalue weighted by Gasteiger charge is 2.28. The third-order valence-corrected chi connectivity index (χ3v) is 2.86. The Kier molecular flexibility index (Phi) is 5.63. The minimum absolute atomic E-state index is 0.145. The topological polar surface area (TPSA) is 26.3 Å². The largest absolute Gasteiger partial charge is 0.378 e. The maximum atomic E-state index is 10.1. The van der Waals surface area contributed by atoms with Crippen molar-refractivity contribution >= 4 is 6.29 Å². The molecular weight excluding hydrogens is 164 g/mol. The summed E-state index contributed by atoms with van der Waals surface area (Å²) in [6, 6.07) is 0. The van der Waals surface area contributed by atoms with Crippen molar-refractivity contribution in [3.8, 4) is 0 Å². The molecule has 0 N–H and O–H groups in total. The number of allylic oxidation sites excluding steroid dienone is 1. The zero-order valence-corrected chi connectivity index (χ0v) is 9.04. The van der Waals surface area contributed by atoms with Gasteiger partial charge in [-0.25, -0.2) is 0 Å². The maximum Gasteiger partial charge on any atom is 0.142 e. The molecule has 0 aromatic carbocycles. The Morgan fingerprint density at radius 3 is 2.54 bits per heavy atom. The average molecular weight is 184 g/mol. The van der Waals surface area contributed by atoms with Crippen molar-refractivity contribution in [1.29, 1.82) is 0 Å². The Balaban J connectivity index is 4.26. The van der Waals surface area contributed by atoms with Crippen LogP contribution >= 0.6 is 0 Å². The van der Waals surface area contributed by atoms with Gasteiger partial charge in [-0.15, -0.1) is 0 Å². The maximum absolute atomic E-state index is 10.1. The first-order valence-electron chi connectivity index (χ1n) is 4.76. The summed E-state index contributed by atoms with van der Waals surface area (Å²) in [6.45, 7) is 6.39. The van der Waals surface area contributed by atoms with Gasteiger partial charge in [0.2, 0.25) is 0 Å². The van der Waals surface area contributed by atoms with E-state index < -0.39 is 0 Å². The molecule has 0 fully saturated rings. The number of ether oxygens (including phenoxy) is 1. The number of carbonyl (C=O) groups excluding carboxylic acids is 1. The van der Waals surface area contributed by atoms with Crippen molar-refractivity contribution in [2.45, 2.75) is 39.2 Å². The van der Waals surface area contributed by atoms with Gasteiger partial charge in [0.25, 0.3) is 0 Å². The summed E-state index contributed by atoms with van der Waals surface area (Å²) in [5, 5.41) is 0. The molecule has 0 aromatic heterocycles. The van der Waals surface area contributed by atoms with Gasteiger partial charge in [-0.2, -0.15) is 0 Å². The third-order valence-electron chi connectivity index (χ3n) is 2.86. The molecule has 13 heavy (non-hydrogen) atoms. The van der Waals surface area contributed by atoms with Gasteiger partial charge in [0.1, 0.15) is 6.29 Å². The minimum Gasteiger partial charge on any atom is -0.378 e. The van der Waals surface area contributed by atoms with Crippen LogP contribution in [0.5, 0.6) is 0 Å². The second kappa shape index (κ2) is 5.92. The molecule has 0 aliphatic heterocycles. The molecule has 0 aliphatic carbocycles. The molecule has 2 heteroatoms. The monoisotopic (exact) mass is 184 g/mol. The zero-order valence-electron chi connectivity index (χ0n) is 9.04. The van der Waals surface area contributed by atoms with Gasteiger partial charge < -0.3 is 4.74 Å². The van der Waals surface area contributed by atoms with Gasteiger partial charge in [-0.05, 0) is 25.3 Å². The van der Waals surface area contributed by atoms with Crippen LogP contribution in [-0.2, 0) is 9.53 Å². The zero-order chi connectivity index (χ0) is 10.3. The van der Waals surface area contributed by atoms with Gasteiger partial charge in [0.05, 0.1) is 5.60 Å². The molecule has 76 valence electrons. The van der Waals surface area contributed by atoms with E-state index in [4.69, 9.17) is 4.74 Å². The normalized spacial score (nSPS) is 18.5. The van der Waals surface area contributed by atoms with E-state index in [0.29, 0.717) is 5.92 Å². The number of aldehydes is 1. The lowest BCUT2D eigenvalue weighted by molar-refractivity contribution is -0.104. The van der Waals surface area contributed by atoms with Gasteiger partial charge in [0.15, 0.2) is 0 Å². The molecule has 0 heterocycles. The molecule has 0 aliphatic rings. The van der Waals surface area contributed by atoms with E-state index in [1.165, 1.54) is 6.08 Å². The van der Waals surface area contributed by atoms with Gasteiger partial charge in [0, 0.05) is 7.11 Å². The predicted molar refractivity (Wildman–Crippen MR) is 54.7 cm³/mol. The molecule has 0 spiro atoms. The Labute approximate surface area is 81.0 Å². The first kappa shape index (κ1) is 12.4. The molecule has 0 aromatic rings. The molecule has 2 unspecified atom stereocenters. The molecule has 0 amide bonds. The van der Waals surface area contributed by atoms with Crippen LogP contribution in [0.2, 0.25) is 0 Å². The molecule has 0 rings (SSSR count). The summed E-state index contributed by atoms with van der Waals surface area (Å²) in [7, 11) is 1.72. The van der Waals surface area contributed by atoms with Crippen molar-refractivity contribution in [1.82, 2.24) is 0 Å². The van der Waals surface area contributed by atoms with Crippen molar-refractivity contribution in [2.24, 2.45) is 5.92 Å². The Hall–Kier alpha value is -0.630. The number of methoxy groups -OCH3 is 1.